The number of urea groups is 1. The Morgan fingerprint density at radius 2 is 2.14 bits per heavy atom. The van der Waals surface area contributed by atoms with Gasteiger partial charge in [-0.1, -0.05) is 6.42 Å². The van der Waals surface area contributed by atoms with E-state index in [4.69, 9.17) is 0 Å². The lowest BCUT2D eigenvalue weighted by molar-refractivity contribution is -0.148. The summed E-state index contributed by atoms with van der Waals surface area (Å²) in [4.78, 5) is 27.1. The van der Waals surface area contributed by atoms with Crippen molar-refractivity contribution in [3.8, 4) is 0 Å². The van der Waals surface area contributed by atoms with Gasteiger partial charge in [-0.2, -0.15) is 0 Å². The van der Waals surface area contributed by atoms with Gasteiger partial charge in [0.05, 0.1) is 5.41 Å². The first kappa shape index (κ1) is 15.3. The summed E-state index contributed by atoms with van der Waals surface area (Å²) in [5, 5.41) is 14.9. The van der Waals surface area contributed by atoms with Gasteiger partial charge in [0, 0.05) is 25.0 Å². The number of amides is 2. The molecule has 2 unspecified atom stereocenters. The van der Waals surface area contributed by atoms with Crippen LogP contribution >= 0.6 is 0 Å². The van der Waals surface area contributed by atoms with Crippen LogP contribution < -0.4 is 10.6 Å². The standard InChI is InChI=1S/C15H21N3O3/c1-15(13(19)20)7-2-3-12(15)18-14(21)17-10-6-11-4-8-16-9-5-11/h4-5,8-9,12H,2-3,6-7,10H2,1H3,(H,19,20)(H2,17,18,21). The average molecular weight is 291 g/mol. The molecule has 0 aliphatic heterocycles. The summed E-state index contributed by atoms with van der Waals surface area (Å²) >= 11 is 0. The Balaban J connectivity index is 1.78. The molecule has 2 rings (SSSR count). The van der Waals surface area contributed by atoms with Crippen LogP contribution in [-0.4, -0.2) is 34.7 Å². The zero-order valence-corrected chi connectivity index (χ0v) is 12.1. The average Bonchev–Trinajstić information content (AvgIpc) is 2.83. The molecule has 6 nitrogen and oxygen atoms in total. The minimum atomic E-state index is -0.859. The maximum absolute atomic E-state index is 11.9. The van der Waals surface area contributed by atoms with E-state index in [1.54, 1.807) is 19.3 Å². The van der Waals surface area contributed by atoms with Gasteiger partial charge in [0.1, 0.15) is 0 Å². The van der Waals surface area contributed by atoms with E-state index in [-0.39, 0.29) is 12.1 Å². The molecule has 1 heterocycles. The van der Waals surface area contributed by atoms with Gasteiger partial charge >= 0.3 is 12.0 Å². The monoisotopic (exact) mass is 291 g/mol. The third-order valence-corrected chi connectivity index (χ3v) is 4.20. The van der Waals surface area contributed by atoms with Crippen LogP contribution in [0.15, 0.2) is 24.5 Å². The predicted molar refractivity (Wildman–Crippen MR) is 77.9 cm³/mol. The van der Waals surface area contributed by atoms with Crippen LogP contribution in [0.2, 0.25) is 0 Å². The first-order valence-electron chi connectivity index (χ1n) is 7.19. The zero-order chi connectivity index (χ0) is 15.3. The van der Waals surface area contributed by atoms with E-state index in [2.05, 4.69) is 15.6 Å². The molecule has 1 aliphatic rings. The SMILES string of the molecule is CC1(C(=O)O)CCCC1NC(=O)NCCc1ccncc1. The molecule has 1 aromatic rings. The fourth-order valence-corrected chi connectivity index (χ4v) is 2.73. The van der Waals surface area contributed by atoms with Gasteiger partial charge in [0.15, 0.2) is 0 Å². The number of nitrogens with zero attached hydrogens (tertiary/aromatic N) is 1. The molecule has 1 aliphatic carbocycles. The van der Waals surface area contributed by atoms with Crippen molar-refractivity contribution in [3.63, 3.8) is 0 Å². The molecule has 21 heavy (non-hydrogen) atoms. The lowest BCUT2D eigenvalue weighted by Gasteiger charge is -2.27. The van der Waals surface area contributed by atoms with Gasteiger partial charge in [-0.25, -0.2) is 4.79 Å². The van der Waals surface area contributed by atoms with Gasteiger partial charge in [-0.15, -0.1) is 0 Å². The van der Waals surface area contributed by atoms with Crippen molar-refractivity contribution >= 4 is 12.0 Å². The third kappa shape index (κ3) is 3.71. The number of carbonyl (C=O) groups excluding carboxylic acids is 1. The summed E-state index contributed by atoms with van der Waals surface area (Å²) in [5.74, 6) is -0.845. The van der Waals surface area contributed by atoms with Gasteiger partial charge in [0.25, 0.3) is 0 Å². The first-order chi connectivity index (χ1) is 10.0. The maximum Gasteiger partial charge on any atom is 0.315 e. The number of aromatic nitrogens is 1. The molecular formula is C15H21N3O3. The van der Waals surface area contributed by atoms with E-state index in [0.717, 1.165) is 18.4 Å². The van der Waals surface area contributed by atoms with Gasteiger partial charge in [0.2, 0.25) is 0 Å². The number of nitrogens with one attached hydrogen (secondary N) is 2. The number of carboxylic acids is 1. The molecular weight excluding hydrogens is 270 g/mol. The Morgan fingerprint density at radius 3 is 2.81 bits per heavy atom. The molecule has 1 fully saturated rings. The van der Waals surface area contributed by atoms with Crippen LogP contribution in [-0.2, 0) is 11.2 Å². The Kier molecular flexibility index (Phi) is 4.77. The molecule has 0 radical (unpaired) electrons. The van der Waals surface area contributed by atoms with E-state index in [1.165, 1.54) is 0 Å². The summed E-state index contributed by atoms with van der Waals surface area (Å²) in [5.41, 5.74) is 0.240. The largest absolute Gasteiger partial charge is 0.481 e. The molecule has 0 spiro atoms. The second-order valence-corrected chi connectivity index (χ2v) is 5.67. The van der Waals surface area contributed by atoms with Crippen LogP contribution in [0.25, 0.3) is 0 Å². The Bertz CT molecular complexity index is 506. The normalized spacial score (nSPS) is 24.5. The van der Waals surface area contributed by atoms with Crippen LogP contribution in [0.5, 0.6) is 0 Å². The second-order valence-electron chi connectivity index (χ2n) is 5.67. The quantitative estimate of drug-likeness (QED) is 0.768. The topological polar surface area (TPSA) is 91.3 Å². The summed E-state index contributed by atoms with van der Waals surface area (Å²) in [6, 6.07) is 3.19. The van der Waals surface area contributed by atoms with E-state index in [0.29, 0.717) is 19.4 Å². The molecule has 0 saturated heterocycles. The van der Waals surface area contributed by atoms with Gasteiger partial charge in [-0.3, -0.25) is 9.78 Å². The van der Waals surface area contributed by atoms with E-state index < -0.39 is 11.4 Å². The van der Waals surface area contributed by atoms with Crippen LogP contribution in [0.1, 0.15) is 31.7 Å². The molecule has 2 atom stereocenters. The summed E-state index contributed by atoms with van der Waals surface area (Å²) in [7, 11) is 0. The molecule has 0 bridgehead atoms. The van der Waals surface area contributed by atoms with Crippen molar-refractivity contribution in [2.24, 2.45) is 5.41 Å². The van der Waals surface area contributed by atoms with Crippen LogP contribution in [0.3, 0.4) is 0 Å². The number of carboxylic acid groups (broad SMARTS) is 1. The minimum absolute atomic E-state index is 0.302. The Hall–Kier alpha value is -2.11. The molecule has 0 aromatic carbocycles. The van der Waals surface area contributed by atoms with Crippen molar-refractivity contribution in [2.45, 2.75) is 38.6 Å². The summed E-state index contributed by atoms with van der Waals surface area (Å²) in [6.07, 6.45) is 6.28. The minimum Gasteiger partial charge on any atom is -0.481 e. The smallest absolute Gasteiger partial charge is 0.315 e. The maximum atomic E-state index is 11.9. The highest BCUT2D eigenvalue weighted by atomic mass is 16.4. The number of hydrogen-bond acceptors (Lipinski definition) is 3. The zero-order valence-electron chi connectivity index (χ0n) is 12.1. The Labute approximate surface area is 124 Å². The highest BCUT2D eigenvalue weighted by Gasteiger charge is 2.45. The lowest BCUT2D eigenvalue weighted by Crippen LogP contribution is -2.50. The number of rotatable bonds is 5. The molecule has 3 N–H and O–H groups in total. The summed E-state index contributed by atoms with van der Waals surface area (Å²) in [6.45, 7) is 2.20. The second kappa shape index (κ2) is 6.56. The lowest BCUT2D eigenvalue weighted by atomic mass is 9.85. The predicted octanol–water partition coefficient (Wildman–Crippen LogP) is 1.57. The molecule has 6 heteroatoms. The van der Waals surface area contributed by atoms with Crippen molar-refractivity contribution in [1.29, 1.82) is 0 Å². The van der Waals surface area contributed by atoms with Crippen molar-refractivity contribution < 1.29 is 14.7 Å². The summed E-state index contributed by atoms with van der Waals surface area (Å²) < 4.78 is 0. The molecule has 1 aromatic heterocycles. The van der Waals surface area contributed by atoms with Crippen molar-refractivity contribution in [3.05, 3.63) is 30.1 Å². The van der Waals surface area contributed by atoms with Gasteiger partial charge < -0.3 is 15.7 Å². The fraction of sp³-hybridized carbons (Fsp3) is 0.533. The van der Waals surface area contributed by atoms with Crippen LogP contribution in [0, 0.1) is 5.41 Å². The highest BCUT2D eigenvalue weighted by molar-refractivity contribution is 5.79. The molecule has 1 saturated carbocycles. The highest BCUT2D eigenvalue weighted by Crippen LogP contribution is 2.38. The third-order valence-electron chi connectivity index (χ3n) is 4.20. The Morgan fingerprint density at radius 1 is 1.43 bits per heavy atom. The molecule has 114 valence electrons. The van der Waals surface area contributed by atoms with Crippen LogP contribution in [0.4, 0.5) is 4.79 Å². The number of aliphatic carboxylic acids is 1. The first-order valence-corrected chi connectivity index (χ1v) is 7.19. The van der Waals surface area contributed by atoms with E-state index in [9.17, 15) is 14.7 Å². The van der Waals surface area contributed by atoms with Crippen molar-refractivity contribution in [1.82, 2.24) is 15.6 Å². The van der Waals surface area contributed by atoms with E-state index >= 15 is 0 Å². The number of hydrogen-bond donors (Lipinski definition) is 3. The molecule has 2 amide bonds. The number of pyridine rings is 1. The van der Waals surface area contributed by atoms with Gasteiger partial charge in [-0.05, 0) is 43.9 Å². The van der Waals surface area contributed by atoms with E-state index in [1.807, 2.05) is 12.1 Å². The fourth-order valence-electron chi connectivity index (χ4n) is 2.73. The van der Waals surface area contributed by atoms with Crippen molar-refractivity contribution in [2.75, 3.05) is 6.54 Å². The number of carbonyl (C=O) groups is 2.